The largest absolute Gasteiger partial charge is 0.294 e. The lowest BCUT2D eigenvalue weighted by Crippen LogP contribution is -1.97. The van der Waals surface area contributed by atoms with E-state index in [-0.39, 0.29) is 11.3 Å². The zero-order chi connectivity index (χ0) is 12.4. The summed E-state index contributed by atoms with van der Waals surface area (Å²) in [5.41, 5.74) is 0.829. The maximum atomic E-state index is 13.5. The van der Waals surface area contributed by atoms with Crippen LogP contribution in [0.5, 0.6) is 0 Å². The molecule has 0 heterocycles. The van der Waals surface area contributed by atoms with Crippen LogP contribution in [0.4, 0.5) is 8.78 Å². The first-order valence-electron chi connectivity index (χ1n) is 5.15. The molecule has 0 atom stereocenters. The van der Waals surface area contributed by atoms with Crippen LogP contribution in [0.1, 0.15) is 17.3 Å². The van der Waals surface area contributed by atoms with Gasteiger partial charge in [-0.15, -0.1) is 0 Å². The standard InChI is InChI=1S/C14H10F2O/c1-9(17)12-8-10(6-7-14(12)16)11-4-2-3-5-13(11)15/h2-8H,1H3. The average molecular weight is 232 g/mol. The van der Waals surface area contributed by atoms with Crippen LogP contribution in [-0.4, -0.2) is 5.78 Å². The average Bonchev–Trinajstić information content (AvgIpc) is 2.30. The monoisotopic (exact) mass is 232 g/mol. The number of ketones is 1. The van der Waals surface area contributed by atoms with E-state index in [1.807, 2.05) is 0 Å². The number of benzene rings is 2. The van der Waals surface area contributed by atoms with Gasteiger partial charge >= 0.3 is 0 Å². The Labute approximate surface area is 97.7 Å². The van der Waals surface area contributed by atoms with Crippen molar-refractivity contribution >= 4 is 5.78 Å². The summed E-state index contributed by atoms with van der Waals surface area (Å²) in [5.74, 6) is -1.35. The fourth-order valence-electron chi connectivity index (χ4n) is 1.66. The van der Waals surface area contributed by atoms with Crippen LogP contribution >= 0.6 is 0 Å². The van der Waals surface area contributed by atoms with Gasteiger partial charge in [-0.1, -0.05) is 24.3 Å². The van der Waals surface area contributed by atoms with Crippen LogP contribution in [0.15, 0.2) is 42.5 Å². The second-order valence-corrected chi connectivity index (χ2v) is 3.73. The highest BCUT2D eigenvalue weighted by Gasteiger charge is 2.10. The maximum Gasteiger partial charge on any atom is 0.162 e. The first-order chi connectivity index (χ1) is 8.09. The van der Waals surface area contributed by atoms with Gasteiger partial charge in [-0.05, 0) is 30.7 Å². The molecular formula is C14H10F2O. The number of hydrogen-bond acceptors (Lipinski definition) is 1. The van der Waals surface area contributed by atoms with Crippen LogP contribution in [0.2, 0.25) is 0 Å². The molecule has 0 aromatic heterocycles. The predicted molar refractivity (Wildman–Crippen MR) is 61.8 cm³/mol. The van der Waals surface area contributed by atoms with Gasteiger partial charge in [-0.25, -0.2) is 8.78 Å². The molecule has 0 unspecified atom stereocenters. The summed E-state index contributed by atoms with van der Waals surface area (Å²) in [7, 11) is 0. The van der Waals surface area contributed by atoms with E-state index in [0.29, 0.717) is 11.1 Å². The molecule has 0 saturated heterocycles. The topological polar surface area (TPSA) is 17.1 Å². The number of carbonyl (C=O) groups is 1. The van der Waals surface area contributed by atoms with E-state index in [1.54, 1.807) is 18.2 Å². The van der Waals surface area contributed by atoms with Gasteiger partial charge in [-0.3, -0.25) is 4.79 Å². The molecule has 2 aromatic rings. The molecule has 0 spiro atoms. The number of carbonyl (C=O) groups excluding carboxylic acids is 1. The minimum Gasteiger partial charge on any atom is -0.294 e. The van der Waals surface area contributed by atoms with Crippen molar-refractivity contribution in [1.29, 1.82) is 0 Å². The SMILES string of the molecule is CC(=O)c1cc(-c2ccccc2F)ccc1F. The molecular weight excluding hydrogens is 222 g/mol. The highest BCUT2D eigenvalue weighted by Crippen LogP contribution is 2.24. The molecule has 0 bridgehead atoms. The summed E-state index contributed by atoms with van der Waals surface area (Å²) >= 11 is 0. The Bertz CT molecular complexity index is 576. The van der Waals surface area contributed by atoms with Crippen LogP contribution < -0.4 is 0 Å². The third kappa shape index (κ3) is 2.23. The normalized spacial score (nSPS) is 10.3. The fraction of sp³-hybridized carbons (Fsp3) is 0.0714. The number of rotatable bonds is 2. The molecule has 0 aliphatic heterocycles. The first-order valence-corrected chi connectivity index (χ1v) is 5.15. The Morgan fingerprint density at radius 1 is 1.00 bits per heavy atom. The molecule has 86 valence electrons. The third-order valence-electron chi connectivity index (χ3n) is 2.53. The lowest BCUT2D eigenvalue weighted by molar-refractivity contribution is 0.101. The molecule has 0 aliphatic carbocycles. The smallest absolute Gasteiger partial charge is 0.162 e. The van der Waals surface area contributed by atoms with Gasteiger partial charge in [-0.2, -0.15) is 0 Å². The van der Waals surface area contributed by atoms with Crippen LogP contribution in [0, 0.1) is 11.6 Å². The zero-order valence-electron chi connectivity index (χ0n) is 9.21. The molecule has 2 rings (SSSR count). The molecule has 2 aromatic carbocycles. The van der Waals surface area contributed by atoms with Gasteiger partial charge in [0.1, 0.15) is 11.6 Å². The van der Waals surface area contributed by atoms with Gasteiger partial charge < -0.3 is 0 Å². The maximum absolute atomic E-state index is 13.5. The zero-order valence-corrected chi connectivity index (χ0v) is 9.21. The Morgan fingerprint density at radius 3 is 2.35 bits per heavy atom. The summed E-state index contributed by atoms with van der Waals surface area (Å²) < 4.78 is 26.9. The molecule has 0 aliphatic rings. The second-order valence-electron chi connectivity index (χ2n) is 3.73. The summed E-state index contributed by atoms with van der Waals surface area (Å²) in [6, 6.07) is 10.2. The minimum absolute atomic E-state index is 0.0225. The molecule has 0 saturated carbocycles. The van der Waals surface area contributed by atoms with E-state index >= 15 is 0 Å². The first kappa shape index (κ1) is 11.5. The van der Waals surface area contributed by atoms with E-state index in [9.17, 15) is 13.6 Å². The Balaban J connectivity index is 2.58. The van der Waals surface area contributed by atoms with Gasteiger partial charge in [0.05, 0.1) is 5.56 Å². The van der Waals surface area contributed by atoms with E-state index in [0.717, 1.165) is 0 Å². The van der Waals surface area contributed by atoms with E-state index in [4.69, 9.17) is 0 Å². The molecule has 17 heavy (non-hydrogen) atoms. The van der Waals surface area contributed by atoms with E-state index < -0.39 is 11.6 Å². The van der Waals surface area contributed by atoms with Gasteiger partial charge in [0.25, 0.3) is 0 Å². The van der Waals surface area contributed by atoms with Crippen molar-refractivity contribution in [2.24, 2.45) is 0 Å². The quantitative estimate of drug-likeness (QED) is 0.719. The van der Waals surface area contributed by atoms with Crippen LogP contribution in [-0.2, 0) is 0 Å². The Kier molecular flexibility index (Phi) is 3.00. The molecule has 0 N–H and O–H groups in total. The predicted octanol–water partition coefficient (Wildman–Crippen LogP) is 3.83. The van der Waals surface area contributed by atoms with Crippen LogP contribution in [0.3, 0.4) is 0 Å². The number of Topliss-reactive ketones (excluding diaryl/α,β-unsaturated/α-hetero) is 1. The van der Waals surface area contributed by atoms with Crippen molar-refractivity contribution < 1.29 is 13.6 Å². The molecule has 0 fully saturated rings. The summed E-state index contributed by atoms with van der Waals surface area (Å²) in [6.45, 7) is 1.28. The summed E-state index contributed by atoms with van der Waals surface area (Å²) in [4.78, 5) is 11.2. The second kappa shape index (κ2) is 4.45. The van der Waals surface area contributed by atoms with Crippen molar-refractivity contribution in [3.63, 3.8) is 0 Å². The van der Waals surface area contributed by atoms with E-state index in [1.165, 1.54) is 31.2 Å². The van der Waals surface area contributed by atoms with Crippen molar-refractivity contribution in [2.45, 2.75) is 6.92 Å². The molecule has 0 radical (unpaired) electrons. The van der Waals surface area contributed by atoms with E-state index in [2.05, 4.69) is 0 Å². The van der Waals surface area contributed by atoms with Crippen molar-refractivity contribution in [3.8, 4) is 11.1 Å². The van der Waals surface area contributed by atoms with Gasteiger partial charge in [0, 0.05) is 5.56 Å². The van der Waals surface area contributed by atoms with Gasteiger partial charge in [0.2, 0.25) is 0 Å². The molecule has 3 heteroatoms. The van der Waals surface area contributed by atoms with Crippen molar-refractivity contribution in [2.75, 3.05) is 0 Å². The summed E-state index contributed by atoms with van der Waals surface area (Å²) in [6.07, 6.45) is 0. The number of halogens is 2. The van der Waals surface area contributed by atoms with Crippen molar-refractivity contribution in [1.82, 2.24) is 0 Å². The third-order valence-corrected chi connectivity index (χ3v) is 2.53. The van der Waals surface area contributed by atoms with Crippen molar-refractivity contribution in [3.05, 3.63) is 59.7 Å². The minimum atomic E-state index is -0.586. The highest BCUT2D eigenvalue weighted by molar-refractivity contribution is 5.95. The van der Waals surface area contributed by atoms with Gasteiger partial charge in [0.15, 0.2) is 5.78 Å². The number of hydrogen-bond donors (Lipinski definition) is 0. The highest BCUT2D eigenvalue weighted by atomic mass is 19.1. The Morgan fingerprint density at radius 2 is 1.71 bits per heavy atom. The lowest BCUT2D eigenvalue weighted by Gasteiger charge is -2.05. The lowest BCUT2D eigenvalue weighted by atomic mass is 10.0. The molecule has 1 nitrogen and oxygen atoms in total. The fourth-order valence-corrected chi connectivity index (χ4v) is 1.66. The summed E-state index contributed by atoms with van der Waals surface area (Å²) in [5, 5.41) is 0. The van der Waals surface area contributed by atoms with Crippen LogP contribution in [0.25, 0.3) is 11.1 Å². The Hall–Kier alpha value is -2.03. The molecule has 0 amide bonds.